The lowest BCUT2D eigenvalue weighted by Crippen LogP contribution is -2.46. The fourth-order valence-electron chi connectivity index (χ4n) is 2.85. The summed E-state index contributed by atoms with van der Waals surface area (Å²) in [4.78, 5) is 25.8. The van der Waals surface area contributed by atoms with Gasteiger partial charge in [-0.25, -0.2) is 0 Å². The van der Waals surface area contributed by atoms with Crippen molar-refractivity contribution in [2.45, 2.75) is 44.6 Å². The number of aryl methyl sites for hydroxylation is 1. The fourth-order valence-corrected chi connectivity index (χ4v) is 2.99. The summed E-state index contributed by atoms with van der Waals surface area (Å²) in [6.45, 7) is 1.45. The molecule has 1 saturated heterocycles. The van der Waals surface area contributed by atoms with E-state index in [0.717, 1.165) is 38.8 Å². The van der Waals surface area contributed by atoms with E-state index in [1.807, 2.05) is 35.2 Å². The number of benzene rings is 1. The Labute approximate surface area is 143 Å². The summed E-state index contributed by atoms with van der Waals surface area (Å²) in [5.74, 6) is 0.805. The number of carbonyl (C=O) groups excluding carboxylic acids is 2. The Morgan fingerprint density at radius 2 is 1.83 bits per heavy atom. The maximum Gasteiger partial charge on any atom is 0.222 e. The summed E-state index contributed by atoms with van der Waals surface area (Å²) in [5.41, 5.74) is 1.18. The molecule has 2 amide bonds. The average Bonchev–Trinajstić information content (AvgIpc) is 2.59. The molecule has 0 spiro atoms. The molecular formula is C18H25ClN2O2. The number of hydrogen-bond donors (Lipinski definition) is 1. The molecule has 1 aromatic carbocycles. The molecule has 23 heavy (non-hydrogen) atoms. The van der Waals surface area contributed by atoms with Crippen LogP contribution in [0.15, 0.2) is 30.3 Å². The van der Waals surface area contributed by atoms with Crippen LogP contribution in [0.5, 0.6) is 0 Å². The van der Waals surface area contributed by atoms with Gasteiger partial charge in [-0.2, -0.15) is 0 Å². The van der Waals surface area contributed by atoms with Crippen molar-refractivity contribution in [3.8, 4) is 0 Å². The number of hydrogen-bond acceptors (Lipinski definition) is 2. The van der Waals surface area contributed by atoms with E-state index in [1.54, 1.807) is 0 Å². The topological polar surface area (TPSA) is 49.4 Å². The molecule has 1 aromatic rings. The minimum atomic E-state index is 0.0979. The number of likely N-dealkylation sites (tertiary alicyclic amines) is 1. The molecule has 1 aliphatic heterocycles. The second-order valence-corrected chi connectivity index (χ2v) is 6.38. The first-order valence-electron chi connectivity index (χ1n) is 8.36. The van der Waals surface area contributed by atoms with Gasteiger partial charge in [0, 0.05) is 37.9 Å². The molecule has 5 heteroatoms. The van der Waals surface area contributed by atoms with Crippen LogP contribution in [0.1, 0.15) is 37.7 Å². The molecular weight excluding hydrogens is 312 g/mol. The highest BCUT2D eigenvalue weighted by Crippen LogP contribution is 2.13. The van der Waals surface area contributed by atoms with Gasteiger partial charge in [0.05, 0.1) is 0 Å². The monoisotopic (exact) mass is 336 g/mol. The predicted octanol–water partition coefficient (Wildman–Crippen LogP) is 2.75. The lowest BCUT2D eigenvalue weighted by atomic mass is 10.0. The van der Waals surface area contributed by atoms with Gasteiger partial charge in [-0.3, -0.25) is 9.59 Å². The van der Waals surface area contributed by atoms with Crippen molar-refractivity contribution in [2.24, 2.45) is 0 Å². The molecule has 2 rings (SSSR count). The van der Waals surface area contributed by atoms with Gasteiger partial charge in [-0.15, -0.1) is 11.6 Å². The van der Waals surface area contributed by atoms with Crippen molar-refractivity contribution in [3.05, 3.63) is 35.9 Å². The summed E-state index contributed by atoms with van der Waals surface area (Å²) in [7, 11) is 0. The van der Waals surface area contributed by atoms with Crippen LogP contribution in [0.2, 0.25) is 0 Å². The summed E-state index contributed by atoms with van der Waals surface area (Å²) in [6, 6.07) is 10.2. The third-order valence-electron chi connectivity index (χ3n) is 4.22. The van der Waals surface area contributed by atoms with Gasteiger partial charge >= 0.3 is 0 Å². The minimum Gasteiger partial charge on any atom is -0.353 e. The largest absolute Gasteiger partial charge is 0.353 e. The second kappa shape index (κ2) is 9.56. The van der Waals surface area contributed by atoms with Gasteiger partial charge in [0.1, 0.15) is 0 Å². The lowest BCUT2D eigenvalue weighted by molar-refractivity contribution is -0.132. The number of halogens is 1. The molecule has 0 aromatic heterocycles. The standard InChI is InChI=1S/C18H25ClN2O2/c19-12-4-7-18(23)21-13-10-16(11-14-21)20-17(22)9-8-15-5-2-1-3-6-15/h1-3,5-6,16H,4,7-14H2,(H,20,22). The molecule has 1 aliphatic rings. The normalized spacial score (nSPS) is 15.4. The number of amides is 2. The molecule has 0 atom stereocenters. The summed E-state index contributed by atoms with van der Waals surface area (Å²) < 4.78 is 0. The summed E-state index contributed by atoms with van der Waals surface area (Å²) in [5, 5.41) is 3.09. The molecule has 4 nitrogen and oxygen atoms in total. The molecule has 1 N–H and O–H groups in total. The Balaban J connectivity index is 1.65. The first-order valence-corrected chi connectivity index (χ1v) is 8.89. The van der Waals surface area contributed by atoms with Crippen LogP contribution >= 0.6 is 11.6 Å². The molecule has 0 saturated carbocycles. The Hall–Kier alpha value is -1.55. The molecule has 0 aliphatic carbocycles. The van der Waals surface area contributed by atoms with Gasteiger partial charge in [-0.05, 0) is 31.2 Å². The van der Waals surface area contributed by atoms with Crippen molar-refractivity contribution >= 4 is 23.4 Å². The smallest absolute Gasteiger partial charge is 0.222 e. The highest BCUT2D eigenvalue weighted by molar-refractivity contribution is 6.17. The van der Waals surface area contributed by atoms with E-state index < -0.39 is 0 Å². The molecule has 0 radical (unpaired) electrons. The highest BCUT2D eigenvalue weighted by Gasteiger charge is 2.23. The van der Waals surface area contributed by atoms with Crippen molar-refractivity contribution in [1.29, 1.82) is 0 Å². The third kappa shape index (κ3) is 6.22. The average molecular weight is 337 g/mol. The van der Waals surface area contributed by atoms with Gasteiger partial charge in [-0.1, -0.05) is 30.3 Å². The molecule has 0 unspecified atom stereocenters. The lowest BCUT2D eigenvalue weighted by Gasteiger charge is -2.32. The quantitative estimate of drug-likeness (QED) is 0.778. The van der Waals surface area contributed by atoms with Crippen molar-refractivity contribution in [2.75, 3.05) is 19.0 Å². The zero-order valence-corrected chi connectivity index (χ0v) is 14.2. The molecule has 1 fully saturated rings. The third-order valence-corrected chi connectivity index (χ3v) is 4.49. The zero-order chi connectivity index (χ0) is 16.5. The number of nitrogens with zero attached hydrogens (tertiary/aromatic N) is 1. The van der Waals surface area contributed by atoms with Gasteiger partial charge in [0.2, 0.25) is 11.8 Å². The zero-order valence-electron chi connectivity index (χ0n) is 13.5. The summed E-state index contributed by atoms with van der Waals surface area (Å²) >= 11 is 5.62. The van der Waals surface area contributed by atoms with Crippen LogP contribution < -0.4 is 5.32 Å². The Morgan fingerprint density at radius 3 is 2.48 bits per heavy atom. The van der Waals surface area contributed by atoms with Crippen molar-refractivity contribution < 1.29 is 9.59 Å². The van der Waals surface area contributed by atoms with Crippen LogP contribution in [0, 0.1) is 0 Å². The number of rotatable bonds is 7. The first kappa shape index (κ1) is 17.8. The van der Waals surface area contributed by atoms with E-state index in [2.05, 4.69) is 5.32 Å². The molecule has 126 valence electrons. The van der Waals surface area contributed by atoms with Gasteiger partial charge in [0.15, 0.2) is 0 Å². The van der Waals surface area contributed by atoms with E-state index in [9.17, 15) is 9.59 Å². The van der Waals surface area contributed by atoms with Crippen LogP contribution in [0.25, 0.3) is 0 Å². The van der Waals surface area contributed by atoms with E-state index in [1.165, 1.54) is 5.56 Å². The molecule has 1 heterocycles. The van der Waals surface area contributed by atoms with Crippen LogP contribution in [-0.2, 0) is 16.0 Å². The maximum atomic E-state index is 12.0. The first-order chi connectivity index (χ1) is 11.2. The SMILES string of the molecule is O=C(CCc1ccccc1)NC1CCN(C(=O)CCCCl)CC1. The fraction of sp³-hybridized carbons (Fsp3) is 0.556. The van der Waals surface area contributed by atoms with Crippen LogP contribution in [0.4, 0.5) is 0 Å². The van der Waals surface area contributed by atoms with Gasteiger partial charge < -0.3 is 10.2 Å². The number of nitrogens with one attached hydrogen (secondary N) is 1. The number of piperidine rings is 1. The van der Waals surface area contributed by atoms with E-state index in [4.69, 9.17) is 11.6 Å². The predicted molar refractivity (Wildman–Crippen MR) is 92.5 cm³/mol. The maximum absolute atomic E-state index is 12.0. The number of carbonyl (C=O) groups is 2. The summed E-state index contributed by atoms with van der Waals surface area (Å²) in [6.07, 6.45) is 4.21. The van der Waals surface area contributed by atoms with E-state index >= 15 is 0 Å². The van der Waals surface area contributed by atoms with Gasteiger partial charge in [0.25, 0.3) is 0 Å². The Morgan fingerprint density at radius 1 is 1.13 bits per heavy atom. The van der Waals surface area contributed by atoms with E-state index in [0.29, 0.717) is 18.7 Å². The highest BCUT2D eigenvalue weighted by atomic mass is 35.5. The number of alkyl halides is 1. The van der Waals surface area contributed by atoms with Crippen molar-refractivity contribution in [1.82, 2.24) is 10.2 Å². The second-order valence-electron chi connectivity index (χ2n) is 6.00. The van der Waals surface area contributed by atoms with E-state index in [-0.39, 0.29) is 17.9 Å². The van der Waals surface area contributed by atoms with Crippen LogP contribution in [-0.4, -0.2) is 41.7 Å². The minimum absolute atomic E-state index is 0.0979. The Kier molecular flexibility index (Phi) is 7.40. The molecule has 0 bridgehead atoms. The van der Waals surface area contributed by atoms with Crippen LogP contribution in [0.3, 0.4) is 0 Å². The van der Waals surface area contributed by atoms with Crippen molar-refractivity contribution in [3.63, 3.8) is 0 Å². The Bertz CT molecular complexity index is 499.